The molecule has 0 fully saturated rings. The smallest absolute Gasteiger partial charge is 0.0725 e. The van der Waals surface area contributed by atoms with Crippen molar-refractivity contribution in [2.24, 2.45) is 0 Å². The molecule has 1 atom stereocenters. The zero-order chi connectivity index (χ0) is 48.8. The number of fused-ring (bicyclic) bond motifs is 13. The van der Waals surface area contributed by atoms with Crippen molar-refractivity contribution in [2.75, 3.05) is 4.90 Å². The van der Waals surface area contributed by atoms with Gasteiger partial charge < -0.3 is 4.90 Å². The first-order valence-corrected chi connectivity index (χ1v) is 25.5. The van der Waals surface area contributed by atoms with Crippen molar-refractivity contribution in [3.05, 3.63) is 300 Å². The zero-order valence-electron chi connectivity index (χ0n) is 41.0. The minimum absolute atomic E-state index is 0.136. The average Bonchev–Trinajstić information content (AvgIpc) is 4.01. The largest absolute Gasteiger partial charge is 0.310 e. The Hall–Kier alpha value is -9.04. The summed E-state index contributed by atoms with van der Waals surface area (Å²) in [5, 5.41) is 0. The Morgan fingerprint density at radius 2 is 0.699 bits per heavy atom. The Morgan fingerprint density at radius 1 is 0.288 bits per heavy atom. The van der Waals surface area contributed by atoms with E-state index in [1.165, 1.54) is 106 Å². The van der Waals surface area contributed by atoms with Crippen LogP contribution in [0.5, 0.6) is 0 Å². The molecule has 1 unspecified atom stereocenters. The van der Waals surface area contributed by atoms with Crippen molar-refractivity contribution in [3.63, 3.8) is 0 Å². The van der Waals surface area contributed by atoms with Gasteiger partial charge in [-0.05, 0) is 165 Å². The number of rotatable bonds is 8. The van der Waals surface area contributed by atoms with Gasteiger partial charge in [0.05, 0.1) is 5.41 Å². The molecule has 0 heterocycles. The lowest BCUT2D eigenvalue weighted by Gasteiger charge is -2.31. The maximum absolute atomic E-state index is 4.19. The molecule has 0 saturated heterocycles. The van der Waals surface area contributed by atoms with Crippen molar-refractivity contribution in [2.45, 2.75) is 24.7 Å². The van der Waals surface area contributed by atoms with E-state index in [2.05, 4.69) is 280 Å². The summed E-state index contributed by atoms with van der Waals surface area (Å²) in [7, 11) is 0. The van der Waals surface area contributed by atoms with Gasteiger partial charge in [0.2, 0.25) is 0 Å². The van der Waals surface area contributed by atoms with Gasteiger partial charge in [-0.2, -0.15) is 0 Å². The number of hydrogen-bond donors (Lipinski definition) is 0. The first kappa shape index (κ1) is 42.8. The Bertz CT molecular complexity index is 4010. The van der Waals surface area contributed by atoms with Gasteiger partial charge in [-0.15, -0.1) is 0 Å². The van der Waals surface area contributed by atoms with Crippen LogP contribution < -0.4 is 4.90 Å². The molecule has 14 rings (SSSR count). The van der Waals surface area contributed by atoms with Gasteiger partial charge >= 0.3 is 0 Å². The highest BCUT2D eigenvalue weighted by atomic mass is 15.1. The molecule has 11 aromatic carbocycles. The van der Waals surface area contributed by atoms with E-state index >= 15 is 0 Å². The van der Waals surface area contributed by atoms with Crippen molar-refractivity contribution in [1.29, 1.82) is 0 Å². The van der Waals surface area contributed by atoms with Crippen LogP contribution >= 0.6 is 0 Å². The third-order valence-corrected chi connectivity index (χ3v) is 16.3. The van der Waals surface area contributed by atoms with E-state index < -0.39 is 5.41 Å². The molecule has 0 saturated carbocycles. The van der Waals surface area contributed by atoms with Crippen LogP contribution in [0.15, 0.2) is 261 Å². The maximum Gasteiger partial charge on any atom is 0.0725 e. The van der Waals surface area contributed by atoms with Crippen LogP contribution in [-0.4, -0.2) is 0 Å². The van der Waals surface area contributed by atoms with Crippen molar-refractivity contribution in [3.8, 4) is 77.9 Å². The third-order valence-electron chi connectivity index (χ3n) is 16.3. The summed E-state index contributed by atoms with van der Waals surface area (Å²) in [6.07, 6.45) is 1.97. The summed E-state index contributed by atoms with van der Waals surface area (Å²) in [4.78, 5) is 2.44. The quantitative estimate of drug-likeness (QED) is 0.147. The summed E-state index contributed by atoms with van der Waals surface area (Å²) in [5.74, 6) is 0. The van der Waals surface area contributed by atoms with Crippen LogP contribution in [-0.2, 0) is 10.8 Å². The SMILES string of the molecule is C=Cc1ccccc1-c1ccc2c(c1)C1(c3ccccc3-2)c2ccccc2-c2ccc(-c3ccccc3-c3cccc(N(c4ccc(-c5ccccc5)cc4)c4ccc5c(c4)C(C)(C)c4ccccc4-5)c3)cc21. The van der Waals surface area contributed by atoms with E-state index in [4.69, 9.17) is 0 Å². The second-order valence-electron chi connectivity index (χ2n) is 20.4. The molecule has 0 radical (unpaired) electrons. The molecule has 73 heavy (non-hydrogen) atoms. The summed E-state index contributed by atoms with van der Waals surface area (Å²) < 4.78 is 0. The zero-order valence-corrected chi connectivity index (χ0v) is 41.0. The molecule has 0 aromatic heterocycles. The minimum atomic E-state index is -0.510. The van der Waals surface area contributed by atoms with Crippen LogP contribution in [0.4, 0.5) is 17.1 Å². The minimum Gasteiger partial charge on any atom is -0.310 e. The van der Waals surface area contributed by atoms with Crippen LogP contribution in [0, 0.1) is 0 Å². The second kappa shape index (κ2) is 16.5. The average molecular weight is 930 g/mol. The van der Waals surface area contributed by atoms with Crippen LogP contribution in [0.1, 0.15) is 52.8 Å². The summed E-state index contributed by atoms with van der Waals surface area (Å²) in [5.41, 5.74) is 29.2. The summed E-state index contributed by atoms with van der Waals surface area (Å²) in [6.45, 7) is 8.92. The fourth-order valence-corrected chi connectivity index (χ4v) is 12.9. The molecular weight excluding hydrogens is 879 g/mol. The molecule has 3 aliphatic rings. The highest BCUT2D eigenvalue weighted by molar-refractivity contribution is 5.98. The predicted octanol–water partition coefficient (Wildman–Crippen LogP) is 19.1. The van der Waals surface area contributed by atoms with Crippen LogP contribution in [0.25, 0.3) is 84.0 Å². The molecular formula is C72H51N. The number of anilines is 3. The molecule has 11 aromatic rings. The van der Waals surface area contributed by atoms with Gasteiger partial charge in [-0.3, -0.25) is 0 Å². The molecule has 1 heteroatoms. The molecule has 3 aliphatic carbocycles. The van der Waals surface area contributed by atoms with E-state index in [1.807, 2.05) is 6.08 Å². The van der Waals surface area contributed by atoms with Crippen LogP contribution in [0.2, 0.25) is 0 Å². The van der Waals surface area contributed by atoms with Gasteiger partial charge in [-0.1, -0.05) is 233 Å². The van der Waals surface area contributed by atoms with E-state index in [0.717, 1.165) is 28.2 Å². The first-order chi connectivity index (χ1) is 35.9. The molecule has 1 nitrogen and oxygen atoms in total. The fraction of sp³-hybridized carbons (Fsp3) is 0.0556. The summed E-state index contributed by atoms with van der Waals surface area (Å²) in [6, 6.07) is 95.0. The number of benzene rings is 11. The highest BCUT2D eigenvalue weighted by Crippen LogP contribution is 2.64. The number of hydrogen-bond acceptors (Lipinski definition) is 1. The Kier molecular flexibility index (Phi) is 9.69. The van der Waals surface area contributed by atoms with E-state index in [-0.39, 0.29) is 5.41 Å². The lowest BCUT2D eigenvalue weighted by molar-refractivity contribution is 0.660. The second-order valence-corrected chi connectivity index (χ2v) is 20.4. The molecule has 344 valence electrons. The normalized spacial score (nSPS) is 14.9. The fourth-order valence-electron chi connectivity index (χ4n) is 12.9. The molecule has 1 spiro atoms. The van der Waals surface area contributed by atoms with Crippen molar-refractivity contribution in [1.82, 2.24) is 0 Å². The highest BCUT2D eigenvalue weighted by Gasteiger charge is 2.52. The standard InChI is InChI=1S/C72H51N/c1-4-47-19-8-9-24-56(47)51-35-40-63-60-28-13-16-31-66(60)72(69(63)44-51)67-32-17-14-29-61(67)64-41-36-52(45-70(64)72)58-26-11-10-25-57(58)50-22-18-23-54(43-50)73(53-37-33-49(34-38-53)48-20-6-5-7-21-48)55-39-42-62-59-27-12-15-30-65(59)71(2,3)68(62)46-55/h4-46H,1H2,2-3H3. The maximum atomic E-state index is 4.19. The third kappa shape index (κ3) is 6.42. The van der Waals surface area contributed by atoms with Gasteiger partial charge in [0.15, 0.2) is 0 Å². The Labute approximate surface area is 428 Å². The van der Waals surface area contributed by atoms with E-state index in [1.54, 1.807) is 0 Å². The number of nitrogens with zero attached hydrogens (tertiary/aromatic N) is 1. The van der Waals surface area contributed by atoms with Gasteiger partial charge in [0.25, 0.3) is 0 Å². The van der Waals surface area contributed by atoms with E-state index in [9.17, 15) is 0 Å². The van der Waals surface area contributed by atoms with E-state index in [0.29, 0.717) is 0 Å². The van der Waals surface area contributed by atoms with Gasteiger partial charge in [-0.25, -0.2) is 0 Å². The lowest BCUT2D eigenvalue weighted by Crippen LogP contribution is -2.26. The monoisotopic (exact) mass is 929 g/mol. The molecule has 0 amide bonds. The molecule has 0 aliphatic heterocycles. The topological polar surface area (TPSA) is 3.24 Å². The predicted molar refractivity (Wildman–Crippen MR) is 307 cm³/mol. The van der Waals surface area contributed by atoms with Gasteiger partial charge in [0, 0.05) is 22.5 Å². The van der Waals surface area contributed by atoms with Crippen molar-refractivity contribution >= 4 is 23.1 Å². The lowest BCUT2D eigenvalue weighted by atomic mass is 9.70. The van der Waals surface area contributed by atoms with Gasteiger partial charge in [0.1, 0.15) is 0 Å². The molecule has 0 bridgehead atoms. The first-order valence-electron chi connectivity index (χ1n) is 25.5. The molecule has 0 N–H and O–H groups in total. The Morgan fingerprint density at radius 3 is 1.33 bits per heavy atom. The Balaban J connectivity index is 0.922. The van der Waals surface area contributed by atoms with Crippen molar-refractivity contribution < 1.29 is 0 Å². The van der Waals surface area contributed by atoms with Crippen LogP contribution in [0.3, 0.4) is 0 Å². The summed E-state index contributed by atoms with van der Waals surface area (Å²) >= 11 is 0.